The third-order valence-corrected chi connectivity index (χ3v) is 4.19. The topological polar surface area (TPSA) is 76.7 Å². The SMILES string of the molecule is COC(=O)C[C@@H](c1oc(C)cc(=O)c1O)c1cccc2ccccc12. The van der Waals surface area contributed by atoms with Gasteiger partial charge in [0.25, 0.3) is 0 Å². The molecule has 0 aliphatic heterocycles. The van der Waals surface area contributed by atoms with Crippen molar-refractivity contribution in [2.24, 2.45) is 0 Å². The van der Waals surface area contributed by atoms with E-state index in [2.05, 4.69) is 0 Å². The standard InChI is InChI=1S/C20H18O5/c1-12-10-17(21)19(23)20(25-12)16(11-18(22)24-2)15-9-5-7-13-6-3-4-8-14(13)15/h3-10,16,23H,11H2,1-2H3/t16-/m1/s1. The van der Waals surface area contributed by atoms with Crippen molar-refractivity contribution in [2.75, 3.05) is 7.11 Å². The van der Waals surface area contributed by atoms with Crippen LogP contribution in [0.3, 0.4) is 0 Å². The maximum atomic E-state index is 12.0. The van der Waals surface area contributed by atoms with Gasteiger partial charge in [-0.1, -0.05) is 42.5 Å². The molecule has 0 bridgehead atoms. The minimum atomic E-state index is -0.633. The van der Waals surface area contributed by atoms with Crippen molar-refractivity contribution in [3.8, 4) is 5.75 Å². The molecule has 0 radical (unpaired) electrons. The molecule has 1 N–H and O–H groups in total. The van der Waals surface area contributed by atoms with E-state index >= 15 is 0 Å². The fraction of sp³-hybridized carbons (Fsp3) is 0.200. The van der Waals surface area contributed by atoms with Crippen molar-refractivity contribution in [2.45, 2.75) is 19.3 Å². The summed E-state index contributed by atoms with van der Waals surface area (Å²) >= 11 is 0. The zero-order chi connectivity index (χ0) is 18.0. The maximum absolute atomic E-state index is 12.0. The van der Waals surface area contributed by atoms with Gasteiger partial charge < -0.3 is 14.3 Å². The number of carbonyl (C=O) groups excluding carboxylic acids is 1. The number of aromatic hydroxyl groups is 1. The molecule has 5 heteroatoms. The molecule has 0 aliphatic carbocycles. The first-order valence-electron chi connectivity index (χ1n) is 7.89. The molecule has 5 nitrogen and oxygen atoms in total. The Morgan fingerprint density at radius 1 is 1.20 bits per heavy atom. The molecule has 1 heterocycles. The quantitative estimate of drug-likeness (QED) is 0.737. The highest BCUT2D eigenvalue weighted by Crippen LogP contribution is 2.36. The lowest BCUT2D eigenvalue weighted by Crippen LogP contribution is -2.14. The van der Waals surface area contributed by atoms with Crippen molar-refractivity contribution >= 4 is 16.7 Å². The number of fused-ring (bicyclic) bond motifs is 1. The van der Waals surface area contributed by atoms with E-state index in [1.165, 1.54) is 13.2 Å². The monoisotopic (exact) mass is 338 g/mol. The molecule has 0 amide bonds. The zero-order valence-electron chi connectivity index (χ0n) is 14.0. The molecule has 1 aromatic heterocycles. The van der Waals surface area contributed by atoms with Crippen LogP contribution in [0.15, 0.2) is 57.7 Å². The van der Waals surface area contributed by atoms with Gasteiger partial charge in [0, 0.05) is 6.07 Å². The predicted octanol–water partition coefficient (Wildman–Crippen LogP) is 3.50. The minimum absolute atomic E-state index is 0.0511. The predicted molar refractivity (Wildman–Crippen MR) is 93.8 cm³/mol. The molecule has 0 saturated carbocycles. The highest BCUT2D eigenvalue weighted by atomic mass is 16.5. The van der Waals surface area contributed by atoms with Crippen LogP contribution in [0.2, 0.25) is 0 Å². The first-order valence-corrected chi connectivity index (χ1v) is 7.89. The third kappa shape index (κ3) is 3.26. The van der Waals surface area contributed by atoms with Gasteiger partial charge in [-0.05, 0) is 23.3 Å². The molecular formula is C20H18O5. The van der Waals surface area contributed by atoms with Gasteiger partial charge in [0.2, 0.25) is 11.2 Å². The van der Waals surface area contributed by atoms with E-state index < -0.39 is 23.1 Å². The molecule has 3 rings (SSSR count). The maximum Gasteiger partial charge on any atom is 0.306 e. The van der Waals surface area contributed by atoms with E-state index in [1.807, 2.05) is 42.5 Å². The van der Waals surface area contributed by atoms with Crippen molar-refractivity contribution in [3.05, 3.63) is 75.8 Å². The molecular weight excluding hydrogens is 320 g/mol. The largest absolute Gasteiger partial charge is 0.502 e. The normalized spacial score (nSPS) is 12.1. The van der Waals surface area contributed by atoms with Gasteiger partial charge in [-0.15, -0.1) is 0 Å². The third-order valence-electron chi connectivity index (χ3n) is 4.19. The van der Waals surface area contributed by atoms with Crippen LogP contribution in [0.1, 0.15) is 29.4 Å². The van der Waals surface area contributed by atoms with E-state index in [4.69, 9.17) is 9.15 Å². The van der Waals surface area contributed by atoms with E-state index in [-0.39, 0.29) is 12.2 Å². The zero-order valence-corrected chi connectivity index (χ0v) is 14.0. The summed E-state index contributed by atoms with van der Waals surface area (Å²) < 4.78 is 10.4. The summed E-state index contributed by atoms with van der Waals surface area (Å²) in [5.74, 6) is -1.13. The Bertz CT molecular complexity index is 982. The summed E-state index contributed by atoms with van der Waals surface area (Å²) in [6, 6.07) is 14.6. The van der Waals surface area contributed by atoms with Crippen LogP contribution in [-0.4, -0.2) is 18.2 Å². The molecule has 0 fully saturated rings. The first kappa shape index (κ1) is 16.8. The summed E-state index contributed by atoms with van der Waals surface area (Å²) in [6.45, 7) is 1.63. The van der Waals surface area contributed by atoms with Crippen LogP contribution in [0.25, 0.3) is 10.8 Å². The van der Waals surface area contributed by atoms with Gasteiger partial charge in [-0.3, -0.25) is 9.59 Å². The summed E-state index contributed by atoms with van der Waals surface area (Å²) in [5.41, 5.74) is 0.251. The van der Waals surface area contributed by atoms with E-state index in [9.17, 15) is 14.7 Å². The Labute approximate surface area is 144 Å². The number of carbonyl (C=O) groups is 1. The number of ether oxygens (including phenoxy) is 1. The number of hydrogen-bond donors (Lipinski definition) is 1. The number of hydrogen-bond acceptors (Lipinski definition) is 5. The van der Waals surface area contributed by atoms with Crippen LogP contribution in [0.4, 0.5) is 0 Å². The van der Waals surface area contributed by atoms with Crippen molar-refractivity contribution in [1.29, 1.82) is 0 Å². The van der Waals surface area contributed by atoms with Crippen molar-refractivity contribution in [1.82, 2.24) is 0 Å². The Morgan fingerprint density at radius 3 is 2.68 bits per heavy atom. The van der Waals surface area contributed by atoms with Gasteiger partial charge in [-0.25, -0.2) is 0 Å². The molecule has 0 unspecified atom stereocenters. The summed E-state index contributed by atoms with van der Waals surface area (Å²) in [7, 11) is 1.30. The van der Waals surface area contributed by atoms with Crippen LogP contribution < -0.4 is 5.43 Å². The highest BCUT2D eigenvalue weighted by Gasteiger charge is 2.27. The second kappa shape index (κ2) is 6.81. The number of aryl methyl sites for hydroxylation is 1. The van der Waals surface area contributed by atoms with Gasteiger partial charge >= 0.3 is 5.97 Å². The summed E-state index contributed by atoms with van der Waals surface area (Å²) in [6.07, 6.45) is -0.0511. The van der Waals surface area contributed by atoms with Crippen LogP contribution in [0, 0.1) is 6.92 Å². The van der Waals surface area contributed by atoms with Gasteiger partial charge in [-0.2, -0.15) is 0 Å². The first-order chi connectivity index (χ1) is 12.0. The summed E-state index contributed by atoms with van der Waals surface area (Å²) in [4.78, 5) is 24.0. The van der Waals surface area contributed by atoms with Crippen LogP contribution in [0.5, 0.6) is 5.75 Å². The fourth-order valence-corrected chi connectivity index (χ4v) is 3.01. The van der Waals surface area contributed by atoms with Crippen molar-refractivity contribution in [3.63, 3.8) is 0 Å². The Kier molecular flexibility index (Phi) is 4.57. The van der Waals surface area contributed by atoms with Crippen molar-refractivity contribution < 1.29 is 19.1 Å². The molecule has 0 aliphatic rings. The molecule has 128 valence electrons. The van der Waals surface area contributed by atoms with Gasteiger partial charge in [0.05, 0.1) is 19.4 Å². The fourth-order valence-electron chi connectivity index (χ4n) is 3.01. The average Bonchev–Trinajstić information content (AvgIpc) is 2.62. The number of methoxy groups -OCH3 is 1. The Balaban J connectivity index is 2.26. The number of benzene rings is 2. The lowest BCUT2D eigenvalue weighted by atomic mass is 9.88. The van der Waals surface area contributed by atoms with Crippen LogP contribution >= 0.6 is 0 Å². The Morgan fingerprint density at radius 2 is 1.92 bits per heavy atom. The highest BCUT2D eigenvalue weighted by molar-refractivity contribution is 5.87. The van der Waals surface area contributed by atoms with Gasteiger partial charge in [0.1, 0.15) is 5.76 Å². The molecule has 3 aromatic rings. The number of esters is 1. The van der Waals surface area contributed by atoms with Crippen LogP contribution in [-0.2, 0) is 9.53 Å². The smallest absolute Gasteiger partial charge is 0.306 e. The lowest BCUT2D eigenvalue weighted by Gasteiger charge is -2.19. The molecule has 0 spiro atoms. The average molecular weight is 338 g/mol. The number of rotatable bonds is 4. The summed E-state index contributed by atoms with van der Waals surface area (Å²) in [5, 5.41) is 12.2. The second-order valence-corrected chi connectivity index (χ2v) is 5.84. The molecule has 25 heavy (non-hydrogen) atoms. The molecule has 1 atom stereocenters. The Hall–Kier alpha value is -3.08. The van der Waals surface area contributed by atoms with Gasteiger partial charge in [0.15, 0.2) is 5.76 Å². The minimum Gasteiger partial charge on any atom is -0.502 e. The van der Waals surface area contributed by atoms with E-state index in [0.717, 1.165) is 16.3 Å². The molecule has 2 aromatic carbocycles. The van der Waals surface area contributed by atoms with E-state index in [1.54, 1.807) is 6.92 Å². The molecule has 0 saturated heterocycles. The lowest BCUT2D eigenvalue weighted by molar-refractivity contribution is -0.140. The second-order valence-electron chi connectivity index (χ2n) is 5.84. The van der Waals surface area contributed by atoms with E-state index in [0.29, 0.717) is 5.76 Å².